The van der Waals surface area contributed by atoms with Gasteiger partial charge in [-0.1, -0.05) is 36.4 Å². The Labute approximate surface area is 271 Å². The van der Waals surface area contributed by atoms with Crippen LogP contribution in [-0.2, 0) is 31.3 Å². The van der Waals surface area contributed by atoms with Crippen LogP contribution in [0.4, 0.5) is 49.1 Å². The molecule has 0 saturated carbocycles. The molecule has 48 heavy (non-hydrogen) atoms. The van der Waals surface area contributed by atoms with E-state index < -0.39 is 35.4 Å². The zero-order valence-corrected chi connectivity index (χ0v) is 25.2. The summed E-state index contributed by atoms with van der Waals surface area (Å²) in [5.74, 6) is -1.39. The molecule has 0 atom stereocenters. The number of hydrogen-bond acceptors (Lipinski definition) is 8. The largest absolute Gasteiger partial charge is 0.460 e. The maximum Gasteiger partial charge on any atom is 0.416 e. The number of esters is 2. The molecule has 4 aromatic carbocycles. The number of rotatable bonds is 15. The third-order valence-electron chi connectivity index (χ3n) is 6.53. The van der Waals surface area contributed by atoms with Crippen LogP contribution in [0, 0.1) is 0 Å². The summed E-state index contributed by atoms with van der Waals surface area (Å²) in [6.45, 7) is 0.183. The van der Waals surface area contributed by atoms with Gasteiger partial charge in [0.2, 0.25) is 0 Å². The van der Waals surface area contributed by atoms with Crippen molar-refractivity contribution in [2.75, 3.05) is 50.3 Å². The number of ether oxygens (including phenoxy) is 4. The van der Waals surface area contributed by atoms with Gasteiger partial charge < -0.3 is 29.6 Å². The minimum Gasteiger partial charge on any atom is -0.460 e. The van der Waals surface area contributed by atoms with Crippen LogP contribution in [0.1, 0.15) is 31.8 Å². The van der Waals surface area contributed by atoms with E-state index in [0.29, 0.717) is 0 Å². The van der Waals surface area contributed by atoms with Gasteiger partial charge in [0.15, 0.2) is 0 Å². The average Bonchev–Trinajstić information content (AvgIpc) is 3.05. The molecule has 0 saturated heterocycles. The first-order valence-corrected chi connectivity index (χ1v) is 14.5. The van der Waals surface area contributed by atoms with Crippen LogP contribution < -0.4 is 10.6 Å². The van der Waals surface area contributed by atoms with Crippen LogP contribution >= 0.6 is 0 Å². The van der Waals surface area contributed by atoms with Crippen LogP contribution in [-0.4, -0.2) is 51.6 Å². The lowest BCUT2D eigenvalue weighted by atomic mass is 10.1. The van der Waals surface area contributed by atoms with Gasteiger partial charge in [-0.05, 0) is 60.7 Å². The third kappa shape index (κ3) is 10.7. The minimum absolute atomic E-state index is 0.0446. The molecule has 0 aromatic heterocycles. The van der Waals surface area contributed by atoms with Crippen molar-refractivity contribution in [1.29, 1.82) is 0 Å². The van der Waals surface area contributed by atoms with Gasteiger partial charge in [-0.15, -0.1) is 0 Å². The quantitative estimate of drug-likeness (QED) is 0.0739. The standard InChI is InChI=1S/C34H30F6N2O6/c35-33(36,37)23-7-5-9-25(21-23)41-29-13-3-1-11-27(29)31(43)47-19-17-45-15-16-46-18-20-48-32(44)28-12-2-4-14-30(28)42-26-10-6-8-24(22-26)34(38,39)40/h1-14,21-22,41-42H,15-20H2. The molecule has 0 unspecified atom stereocenters. The van der Waals surface area contributed by atoms with Crippen molar-refractivity contribution in [1.82, 2.24) is 0 Å². The number of halogens is 6. The molecule has 0 amide bonds. The van der Waals surface area contributed by atoms with Crippen molar-refractivity contribution < 1.29 is 54.9 Å². The van der Waals surface area contributed by atoms with Crippen molar-refractivity contribution in [2.24, 2.45) is 0 Å². The molecular weight excluding hydrogens is 646 g/mol. The molecule has 0 aliphatic rings. The molecule has 0 aliphatic heterocycles. The van der Waals surface area contributed by atoms with Crippen molar-refractivity contribution in [3.63, 3.8) is 0 Å². The van der Waals surface area contributed by atoms with Gasteiger partial charge in [0, 0.05) is 11.4 Å². The lowest BCUT2D eigenvalue weighted by molar-refractivity contribution is -0.138. The number of hydrogen-bond donors (Lipinski definition) is 2. The topological polar surface area (TPSA) is 95.1 Å². The maximum absolute atomic E-state index is 13.0. The Morgan fingerprint density at radius 3 is 1.27 bits per heavy atom. The van der Waals surface area contributed by atoms with E-state index in [-0.39, 0.29) is 73.5 Å². The number of para-hydroxylation sites is 2. The van der Waals surface area contributed by atoms with Crippen molar-refractivity contribution >= 4 is 34.7 Å². The maximum atomic E-state index is 13.0. The number of nitrogens with one attached hydrogen (secondary N) is 2. The summed E-state index contributed by atoms with van der Waals surface area (Å²) in [6.07, 6.45) is -9.02. The number of anilines is 4. The lowest BCUT2D eigenvalue weighted by Gasteiger charge is -2.14. The SMILES string of the molecule is O=C(OCCOCCOCCOC(=O)c1ccccc1Nc1cccc(C(F)(F)F)c1)c1ccccc1Nc1cccc(C(F)(F)F)c1. The fraction of sp³-hybridized carbons (Fsp3) is 0.235. The van der Waals surface area contributed by atoms with Gasteiger partial charge in [-0.3, -0.25) is 0 Å². The summed E-state index contributed by atoms with van der Waals surface area (Å²) in [5.41, 5.74) is -0.562. The molecular formula is C34H30F6N2O6. The van der Waals surface area contributed by atoms with Gasteiger partial charge in [0.1, 0.15) is 13.2 Å². The predicted octanol–water partition coefficient (Wildman–Crippen LogP) is 8.26. The molecule has 0 radical (unpaired) electrons. The van der Waals surface area contributed by atoms with E-state index in [2.05, 4.69) is 10.6 Å². The highest BCUT2D eigenvalue weighted by Crippen LogP contribution is 2.33. The fourth-order valence-electron chi connectivity index (χ4n) is 4.26. The van der Waals surface area contributed by atoms with E-state index in [1.165, 1.54) is 36.4 Å². The number of carbonyl (C=O) groups excluding carboxylic acids is 2. The second-order valence-electron chi connectivity index (χ2n) is 9.99. The van der Waals surface area contributed by atoms with Crippen LogP contribution in [0.3, 0.4) is 0 Å². The molecule has 0 fully saturated rings. The summed E-state index contributed by atoms with van der Waals surface area (Å²) >= 11 is 0. The summed E-state index contributed by atoms with van der Waals surface area (Å²) in [6, 6.07) is 21.6. The second-order valence-corrected chi connectivity index (χ2v) is 9.99. The Morgan fingerprint density at radius 1 is 0.500 bits per heavy atom. The van der Waals surface area contributed by atoms with Crippen LogP contribution in [0.15, 0.2) is 97.1 Å². The molecule has 8 nitrogen and oxygen atoms in total. The Kier molecular flexibility index (Phi) is 12.4. The van der Waals surface area contributed by atoms with Gasteiger partial charge in [0.25, 0.3) is 0 Å². The highest BCUT2D eigenvalue weighted by Gasteiger charge is 2.31. The zero-order valence-electron chi connectivity index (χ0n) is 25.2. The number of benzene rings is 4. The molecule has 2 N–H and O–H groups in total. The molecule has 0 bridgehead atoms. The summed E-state index contributed by atoms with van der Waals surface area (Å²) in [7, 11) is 0. The first-order chi connectivity index (χ1) is 22.9. The fourth-order valence-corrected chi connectivity index (χ4v) is 4.26. The van der Waals surface area contributed by atoms with E-state index in [1.807, 2.05) is 0 Å². The summed E-state index contributed by atoms with van der Waals surface area (Å²) in [5, 5.41) is 5.64. The Bertz CT molecular complexity index is 1560. The Balaban J connectivity index is 1.13. The molecule has 0 heterocycles. The van der Waals surface area contributed by atoms with Crippen molar-refractivity contribution in [3.8, 4) is 0 Å². The zero-order chi connectivity index (χ0) is 34.6. The Hall–Kier alpha value is -5.08. The van der Waals surface area contributed by atoms with Crippen LogP contribution in [0.2, 0.25) is 0 Å². The van der Waals surface area contributed by atoms with Crippen LogP contribution in [0.5, 0.6) is 0 Å². The van der Waals surface area contributed by atoms with Crippen molar-refractivity contribution in [2.45, 2.75) is 12.4 Å². The van der Waals surface area contributed by atoms with E-state index >= 15 is 0 Å². The molecule has 0 aliphatic carbocycles. The van der Waals surface area contributed by atoms with Gasteiger partial charge in [0.05, 0.1) is 60.1 Å². The van der Waals surface area contributed by atoms with Crippen LogP contribution in [0.25, 0.3) is 0 Å². The van der Waals surface area contributed by atoms with Crippen molar-refractivity contribution in [3.05, 3.63) is 119 Å². The number of alkyl halides is 6. The monoisotopic (exact) mass is 676 g/mol. The molecule has 4 rings (SSSR count). The Morgan fingerprint density at radius 2 is 0.875 bits per heavy atom. The molecule has 0 spiro atoms. The molecule has 4 aromatic rings. The minimum atomic E-state index is -4.51. The first kappa shape index (κ1) is 35.8. The second kappa shape index (κ2) is 16.7. The van der Waals surface area contributed by atoms with Gasteiger partial charge in [-0.25, -0.2) is 9.59 Å². The van der Waals surface area contributed by atoms with E-state index in [1.54, 1.807) is 36.4 Å². The van der Waals surface area contributed by atoms with Gasteiger partial charge >= 0.3 is 24.3 Å². The average molecular weight is 677 g/mol. The van der Waals surface area contributed by atoms with Gasteiger partial charge in [-0.2, -0.15) is 26.3 Å². The normalized spacial score (nSPS) is 11.5. The highest BCUT2D eigenvalue weighted by atomic mass is 19.4. The smallest absolute Gasteiger partial charge is 0.416 e. The lowest BCUT2D eigenvalue weighted by Crippen LogP contribution is -2.16. The summed E-state index contributed by atoms with van der Waals surface area (Å²) in [4.78, 5) is 25.2. The van der Waals surface area contributed by atoms with E-state index in [0.717, 1.165) is 24.3 Å². The highest BCUT2D eigenvalue weighted by molar-refractivity contribution is 5.97. The van der Waals surface area contributed by atoms with E-state index in [9.17, 15) is 35.9 Å². The third-order valence-corrected chi connectivity index (χ3v) is 6.53. The predicted molar refractivity (Wildman–Crippen MR) is 165 cm³/mol. The van der Waals surface area contributed by atoms with E-state index in [4.69, 9.17) is 18.9 Å². The summed E-state index contributed by atoms with van der Waals surface area (Å²) < 4.78 is 99.5. The molecule has 254 valence electrons. The molecule has 14 heteroatoms. The first-order valence-electron chi connectivity index (χ1n) is 14.5. The number of carbonyl (C=O) groups is 2.